The molecular weight excluding hydrogens is 510 g/mol. The van der Waals surface area contributed by atoms with Gasteiger partial charge in [0.15, 0.2) is 0 Å². The summed E-state index contributed by atoms with van der Waals surface area (Å²) in [5, 5.41) is 0. The van der Waals surface area contributed by atoms with E-state index in [0.717, 1.165) is 40.8 Å². The molecule has 0 fully saturated rings. The summed E-state index contributed by atoms with van der Waals surface area (Å²) in [6, 6.07) is 0. The first-order chi connectivity index (χ1) is 17.1. The van der Waals surface area contributed by atoms with E-state index < -0.39 is 0 Å². The van der Waals surface area contributed by atoms with E-state index in [9.17, 15) is 14.4 Å². The average molecular weight is 560 g/mol. The highest BCUT2D eigenvalue weighted by Gasteiger charge is 2.06. The monoisotopic (exact) mass is 559 g/mol. The van der Waals surface area contributed by atoms with Gasteiger partial charge < -0.3 is 4.79 Å². The number of hydrogen-bond acceptors (Lipinski definition) is 12. The molecule has 0 radical (unpaired) electrons. The zero-order chi connectivity index (χ0) is 28.7. The molecule has 0 spiro atoms. The molecule has 0 N–H and O–H groups in total. The first-order valence-electron chi connectivity index (χ1n) is 11.6. The van der Waals surface area contributed by atoms with E-state index in [-0.39, 0.29) is 46.1 Å². The summed E-state index contributed by atoms with van der Waals surface area (Å²) in [4.78, 5) is 66.9. The first-order valence-corrected chi connectivity index (χ1v) is 11.6. The fraction of sp³-hybridized carbons (Fsp3) is 0.571. The Balaban J connectivity index is -0.000000241. The van der Waals surface area contributed by atoms with Crippen molar-refractivity contribution in [2.75, 3.05) is 0 Å². The quantitative estimate of drug-likeness (QED) is 0.403. The number of hydrogen-bond donors (Lipinski definition) is 0. The van der Waals surface area contributed by atoms with Crippen molar-refractivity contribution in [2.24, 2.45) is 0 Å². The van der Waals surface area contributed by atoms with E-state index in [1.54, 1.807) is 0 Å². The van der Waals surface area contributed by atoms with Crippen LogP contribution in [0.5, 0.6) is 0 Å². The molecule has 3 heterocycles. The lowest BCUT2D eigenvalue weighted by Gasteiger charge is -2.03. The van der Waals surface area contributed by atoms with Gasteiger partial charge in [-0.25, -0.2) is 44.9 Å². The van der Waals surface area contributed by atoms with Crippen molar-refractivity contribution in [1.82, 2.24) is 44.9 Å². The number of aromatic nitrogens is 9. The van der Waals surface area contributed by atoms with Crippen molar-refractivity contribution in [1.29, 1.82) is 0 Å². The molecule has 0 aromatic carbocycles. The third-order valence-electron chi connectivity index (χ3n) is 3.60. The van der Waals surface area contributed by atoms with Crippen LogP contribution in [0.2, 0.25) is 0 Å². The maximum Gasteiger partial charge on any atom is 0.140 e. The third kappa shape index (κ3) is 23.2. The summed E-state index contributed by atoms with van der Waals surface area (Å²) < 4.78 is 0. The molecule has 0 amide bonds. The van der Waals surface area contributed by atoms with E-state index in [2.05, 4.69) is 44.9 Å². The van der Waals surface area contributed by atoms with Gasteiger partial charge in [0.25, 0.3) is 0 Å². The second-order valence-electron chi connectivity index (χ2n) is 8.34. The lowest BCUT2D eigenvalue weighted by molar-refractivity contribution is -0.124. The maximum atomic E-state index is 10.0. The number of ketones is 3. The molecule has 3 aromatic heterocycles. The molecule has 0 atom stereocenters. The molecule has 0 aliphatic carbocycles. The van der Waals surface area contributed by atoms with E-state index >= 15 is 0 Å². The van der Waals surface area contributed by atoms with Crippen LogP contribution in [0.25, 0.3) is 0 Å². The van der Waals surface area contributed by atoms with Gasteiger partial charge in [-0.1, -0.05) is 22.3 Å². The molecule has 12 nitrogen and oxygen atoms in total. The summed E-state index contributed by atoms with van der Waals surface area (Å²) in [5.74, 6) is 6.68. The Labute approximate surface area is 240 Å². The van der Waals surface area contributed by atoms with Crippen LogP contribution in [0.3, 0.4) is 0 Å². The van der Waals surface area contributed by atoms with Crippen molar-refractivity contribution in [3.8, 4) is 0 Å². The molecule has 0 saturated carbocycles. The molecule has 12 heteroatoms. The highest BCUT2D eigenvalue weighted by Crippen LogP contribution is 2.02. The SMILES string of the molecule is C.C.C.CC(=O)CC(C)=O.CC(C)=O.Cc1nc(C)nc(C)n1.Cc1nc(C)nc(Cc2nc(C)nc(C)n2)n1. The van der Waals surface area contributed by atoms with Crippen LogP contribution >= 0.6 is 0 Å². The second-order valence-corrected chi connectivity index (χ2v) is 8.34. The summed E-state index contributed by atoms with van der Waals surface area (Å²) in [6.07, 6.45) is 0.592. The Morgan fingerprint density at radius 3 is 0.750 bits per heavy atom. The van der Waals surface area contributed by atoms with E-state index in [1.807, 2.05) is 48.5 Å². The predicted octanol–water partition coefficient (Wildman–Crippen LogP) is 4.74. The number of nitrogens with zero attached hydrogens (tertiary/aromatic N) is 9. The molecule has 224 valence electrons. The van der Waals surface area contributed by atoms with Gasteiger partial charge in [0.2, 0.25) is 0 Å². The Hall–Kier alpha value is -3.96. The predicted molar refractivity (Wildman–Crippen MR) is 158 cm³/mol. The largest absolute Gasteiger partial charge is 0.300 e. The maximum absolute atomic E-state index is 10.0. The molecule has 40 heavy (non-hydrogen) atoms. The topological polar surface area (TPSA) is 167 Å². The van der Waals surface area contributed by atoms with Crippen LogP contribution in [0.15, 0.2) is 0 Å². The van der Waals surface area contributed by atoms with Crippen molar-refractivity contribution in [3.05, 3.63) is 52.4 Å². The highest BCUT2D eigenvalue weighted by molar-refractivity contribution is 5.96. The van der Waals surface area contributed by atoms with Crippen LogP contribution in [0.1, 0.15) is 109 Å². The summed E-state index contributed by atoms with van der Waals surface area (Å²) in [7, 11) is 0. The van der Waals surface area contributed by atoms with Gasteiger partial charge in [0.1, 0.15) is 69.8 Å². The second kappa shape index (κ2) is 21.9. The fourth-order valence-corrected chi connectivity index (χ4v) is 2.79. The smallest absolute Gasteiger partial charge is 0.140 e. The Kier molecular flexibility index (Phi) is 23.6. The molecule has 0 aliphatic heterocycles. The van der Waals surface area contributed by atoms with Crippen LogP contribution < -0.4 is 0 Å². The van der Waals surface area contributed by atoms with Crippen LogP contribution in [0.4, 0.5) is 0 Å². The molecule has 0 bridgehead atoms. The van der Waals surface area contributed by atoms with Gasteiger partial charge in [-0.05, 0) is 76.2 Å². The van der Waals surface area contributed by atoms with Crippen molar-refractivity contribution < 1.29 is 14.4 Å². The third-order valence-corrected chi connectivity index (χ3v) is 3.60. The highest BCUT2D eigenvalue weighted by atomic mass is 16.1. The summed E-state index contributed by atoms with van der Waals surface area (Å²) >= 11 is 0. The lowest BCUT2D eigenvalue weighted by Crippen LogP contribution is -2.08. The molecular formula is C28H49N9O3. The van der Waals surface area contributed by atoms with E-state index in [4.69, 9.17) is 0 Å². The van der Waals surface area contributed by atoms with Crippen molar-refractivity contribution in [3.63, 3.8) is 0 Å². The lowest BCUT2D eigenvalue weighted by atomic mass is 10.2. The summed E-state index contributed by atoms with van der Waals surface area (Å²) in [5.41, 5.74) is 0. The normalized spacial score (nSPS) is 8.78. The van der Waals surface area contributed by atoms with Gasteiger partial charge in [-0.2, -0.15) is 0 Å². The Bertz CT molecular complexity index is 1060. The minimum Gasteiger partial charge on any atom is -0.300 e. The van der Waals surface area contributed by atoms with Gasteiger partial charge in [-0.3, -0.25) is 9.59 Å². The molecule has 3 rings (SSSR count). The number of aryl methyl sites for hydroxylation is 7. The molecule has 0 unspecified atom stereocenters. The molecule has 3 aromatic rings. The number of carbonyl (C=O) groups excluding carboxylic acids is 3. The van der Waals surface area contributed by atoms with E-state index in [1.165, 1.54) is 27.7 Å². The van der Waals surface area contributed by atoms with Crippen molar-refractivity contribution in [2.45, 2.75) is 111 Å². The standard InChI is InChI=1S/C11H14N6.C6H9N3.C5H8O2.C3H6O.3CH4/c1-6-12-7(2)15-10(14-6)5-11-16-8(3)13-9(4)17-11;1-4-7-5(2)9-6(3)8-4;1-4(6)3-5(2)7;1-3(2)4;;;/h5H2,1-4H3;1-3H3;3H2,1-2H3;1-2H3;3*1H4. The van der Waals surface area contributed by atoms with Crippen LogP contribution in [0, 0.1) is 48.5 Å². The van der Waals surface area contributed by atoms with Gasteiger partial charge in [0, 0.05) is 0 Å². The number of Topliss-reactive ketones (excluding diaryl/α,β-unsaturated/α-hetero) is 3. The van der Waals surface area contributed by atoms with Gasteiger partial charge in [0.05, 0.1) is 12.8 Å². The van der Waals surface area contributed by atoms with Crippen molar-refractivity contribution >= 4 is 17.3 Å². The number of rotatable bonds is 4. The Morgan fingerprint density at radius 2 is 0.600 bits per heavy atom. The van der Waals surface area contributed by atoms with Gasteiger partial charge >= 0.3 is 0 Å². The zero-order valence-electron chi connectivity index (χ0n) is 23.7. The average Bonchev–Trinajstić information content (AvgIpc) is 2.64. The van der Waals surface area contributed by atoms with Gasteiger partial charge in [-0.15, -0.1) is 0 Å². The Morgan fingerprint density at radius 1 is 0.425 bits per heavy atom. The first kappa shape index (κ1) is 43.1. The molecule has 0 saturated heterocycles. The fourth-order valence-electron chi connectivity index (χ4n) is 2.79. The summed E-state index contributed by atoms with van der Waals surface area (Å²) in [6.45, 7) is 18.8. The molecule has 0 aliphatic rings. The number of carbonyl (C=O) groups is 3. The van der Waals surface area contributed by atoms with Crippen LogP contribution in [-0.2, 0) is 20.8 Å². The van der Waals surface area contributed by atoms with Crippen LogP contribution in [-0.4, -0.2) is 62.2 Å². The minimum absolute atomic E-state index is 0. The van der Waals surface area contributed by atoms with E-state index in [0.29, 0.717) is 18.1 Å². The minimum atomic E-state index is -0.0625. The zero-order valence-corrected chi connectivity index (χ0v) is 23.7.